The van der Waals surface area contributed by atoms with Crippen molar-refractivity contribution in [2.45, 2.75) is 31.2 Å². The zero-order valence-electron chi connectivity index (χ0n) is 15.9. The van der Waals surface area contributed by atoms with Crippen molar-refractivity contribution in [2.24, 2.45) is 0 Å². The van der Waals surface area contributed by atoms with Gasteiger partial charge in [0.25, 0.3) is 5.56 Å². The Hall–Kier alpha value is -3.15. The van der Waals surface area contributed by atoms with E-state index in [2.05, 4.69) is 16.4 Å². The number of carbonyl (C=O) groups is 1. The molecule has 4 rings (SSSR count). The van der Waals surface area contributed by atoms with Crippen LogP contribution in [0.1, 0.15) is 24.8 Å². The summed E-state index contributed by atoms with van der Waals surface area (Å²) in [5, 5.41) is 3.53. The Morgan fingerprint density at radius 2 is 1.93 bits per heavy atom. The van der Waals surface area contributed by atoms with Gasteiger partial charge in [0.1, 0.15) is 12.3 Å². The summed E-state index contributed by atoms with van der Waals surface area (Å²) in [5.74, 6) is 0.659. The Morgan fingerprint density at radius 1 is 1.18 bits per heavy atom. The zero-order valence-corrected chi connectivity index (χ0v) is 15.9. The second kappa shape index (κ2) is 7.46. The van der Waals surface area contributed by atoms with Gasteiger partial charge in [-0.25, -0.2) is 4.98 Å². The molecule has 0 unspecified atom stereocenters. The van der Waals surface area contributed by atoms with Gasteiger partial charge in [-0.05, 0) is 31.0 Å². The van der Waals surface area contributed by atoms with E-state index in [0.717, 1.165) is 30.6 Å². The lowest BCUT2D eigenvalue weighted by atomic mass is 9.64. The fraction of sp³-hybridized carbons (Fsp3) is 0.318. The fourth-order valence-corrected chi connectivity index (χ4v) is 3.92. The van der Waals surface area contributed by atoms with E-state index in [9.17, 15) is 9.59 Å². The molecule has 0 aliphatic heterocycles. The molecule has 1 aliphatic rings. The lowest BCUT2D eigenvalue weighted by molar-refractivity contribution is -0.122. The standard InChI is InChI=1S/C22H23N3O3/c1-28-19-10-5-3-8-17(19)22(11-6-12-22)14-23-20(26)13-25-15-24-18-9-4-2-7-16(18)21(25)27/h2-5,7-10,15H,6,11-14H2,1H3,(H,23,26). The SMILES string of the molecule is COc1ccccc1C1(CNC(=O)Cn2cnc3ccccc3c2=O)CCC1. The fourth-order valence-electron chi connectivity index (χ4n) is 3.92. The monoisotopic (exact) mass is 377 g/mol. The first-order chi connectivity index (χ1) is 13.6. The molecule has 3 aromatic rings. The summed E-state index contributed by atoms with van der Waals surface area (Å²) in [6.45, 7) is 0.487. The third-order valence-corrected chi connectivity index (χ3v) is 5.66. The maximum absolute atomic E-state index is 12.6. The first kappa shape index (κ1) is 18.2. The van der Waals surface area contributed by atoms with Crippen LogP contribution in [0, 0.1) is 0 Å². The lowest BCUT2D eigenvalue weighted by Gasteiger charge is -2.43. The van der Waals surface area contributed by atoms with Crippen molar-refractivity contribution < 1.29 is 9.53 Å². The van der Waals surface area contributed by atoms with Crippen LogP contribution in [0.3, 0.4) is 0 Å². The van der Waals surface area contributed by atoms with Gasteiger partial charge in [0, 0.05) is 17.5 Å². The molecule has 2 aromatic carbocycles. The number of para-hydroxylation sites is 2. The van der Waals surface area contributed by atoms with Crippen molar-refractivity contribution in [3.05, 3.63) is 70.8 Å². The minimum Gasteiger partial charge on any atom is -0.496 e. The summed E-state index contributed by atoms with van der Waals surface area (Å²) in [7, 11) is 1.67. The number of nitrogens with zero attached hydrogens (tertiary/aromatic N) is 2. The first-order valence-electron chi connectivity index (χ1n) is 9.47. The summed E-state index contributed by atoms with van der Waals surface area (Å²) in [5.41, 5.74) is 1.46. The summed E-state index contributed by atoms with van der Waals surface area (Å²) >= 11 is 0. The summed E-state index contributed by atoms with van der Waals surface area (Å²) in [6.07, 6.45) is 4.57. The molecule has 0 atom stereocenters. The molecule has 0 spiro atoms. The van der Waals surface area contributed by atoms with Crippen LogP contribution in [0.25, 0.3) is 10.9 Å². The minimum atomic E-state index is -0.205. The van der Waals surface area contributed by atoms with Crippen LogP contribution in [0.4, 0.5) is 0 Å². The second-order valence-corrected chi connectivity index (χ2v) is 7.31. The number of aromatic nitrogens is 2. The van der Waals surface area contributed by atoms with Gasteiger partial charge in [-0.2, -0.15) is 0 Å². The maximum atomic E-state index is 12.6. The van der Waals surface area contributed by atoms with Crippen LogP contribution in [-0.2, 0) is 16.8 Å². The lowest BCUT2D eigenvalue weighted by Crippen LogP contribution is -2.46. The van der Waals surface area contributed by atoms with Gasteiger partial charge >= 0.3 is 0 Å². The van der Waals surface area contributed by atoms with Crippen molar-refractivity contribution in [3.8, 4) is 5.75 Å². The van der Waals surface area contributed by atoms with Crippen LogP contribution in [-0.4, -0.2) is 29.1 Å². The normalized spacial score (nSPS) is 15.0. The number of nitrogens with one attached hydrogen (secondary N) is 1. The minimum absolute atomic E-state index is 0.0430. The molecular weight excluding hydrogens is 354 g/mol. The van der Waals surface area contributed by atoms with Gasteiger partial charge in [0.05, 0.1) is 24.3 Å². The number of benzene rings is 2. The molecule has 1 fully saturated rings. The van der Waals surface area contributed by atoms with E-state index < -0.39 is 0 Å². The number of amides is 1. The molecule has 1 amide bonds. The molecule has 0 radical (unpaired) electrons. The Labute approximate surface area is 163 Å². The number of ether oxygens (including phenoxy) is 1. The molecule has 1 saturated carbocycles. The van der Waals surface area contributed by atoms with Crippen LogP contribution >= 0.6 is 0 Å². The quantitative estimate of drug-likeness (QED) is 0.717. The molecule has 28 heavy (non-hydrogen) atoms. The Kier molecular flexibility index (Phi) is 4.86. The van der Waals surface area contributed by atoms with E-state index in [1.807, 2.05) is 24.3 Å². The first-order valence-corrected chi connectivity index (χ1v) is 9.47. The topological polar surface area (TPSA) is 73.2 Å². The molecule has 1 heterocycles. The van der Waals surface area contributed by atoms with Gasteiger partial charge in [-0.3, -0.25) is 14.2 Å². The van der Waals surface area contributed by atoms with Crippen molar-refractivity contribution in [2.75, 3.05) is 13.7 Å². The van der Waals surface area contributed by atoms with Crippen LogP contribution < -0.4 is 15.6 Å². The third kappa shape index (κ3) is 3.26. The summed E-state index contributed by atoms with van der Waals surface area (Å²) < 4.78 is 6.88. The van der Waals surface area contributed by atoms with E-state index in [1.165, 1.54) is 10.9 Å². The second-order valence-electron chi connectivity index (χ2n) is 7.31. The summed E-state index contributed by atoms with van der Waals surface area (Å²) in [6, 6.07) is 15.1. The van der Waals surface area contributed by atoms with E-state index in [0.29, 0.717) is 17.4 Å². The van der Waals surface area contributed by atoms with E-state index in [4.69, 9.17) is 4.74 Å². The number of fused-ring (bicyclic) bond motifs is 1. The highest BCUT2D eigenvalue weighted by molar-refractivity contribution is 5.79. The predicted octanol–water partition coefficient (Wildman–Crippen LogP) is 2.64. The highest BCUT2D eigenvalue weighted by Gasteiger charge is 2.40. The van der Waals surface area contributed by atoms with Gasteiger partial charge in [-0.15, -0.1) is 0 Å². The van der Waals surface area contributed by atoms with E-state index in [-0.39, 0.29) is 23.4 Å². The molecule has 6 heteroatoms. The highest BCUT2D eigenvalue weighted by atomic mass is 16.5. The van der Waals surface area contributed by atoms with Gasteiger partial charge in [-0.1, -0.05) is 36.8 Å². The average molecular weight is 377 g/mol. The highest BCUT2D eigenvalue weighted by Crippen LogP contribution is 2.46. The third-order valence-electron chi connectivity index (χ3n) is 5.66. The van der Waals surface area contributed by atoms with Crippen molar-refractivity contribution in [1.82, 2.24) is 14.9 Å². The molecular formula is C22H23N3O3. The van der Waals surface area contributed by atoms with Crippen molar-refractivity contribution in [1.29, 1.82) is 0 Å². The molecule has 1 aromatic heterocycles. The molecule has 144 valence electrons. The Bertz CT molecular complexity index is 1070. The van der Waals surface area contributed by atoms with Gasteiger partial charge in [0.15, 0.2) is 0 Å². The Balaban J connectivity index is 1.48. The smallest absolute Gasteiger partial charge is 0.261 e. The van der Waals surface area contributed by atoms with Gasteiger partial charge in [0.2, 0.25) is 5.91 Å². The number of hydrogen-bond acceptors (Lipinski definition) is 4. The number of methoxy groups -OCH3 is 1. The van der Waals surface area contributed by atoms with Crippen molar-refractivity contribution in [3.63, 3.8) is 0 Å². The number of rotatable bonds is 6. The molecule has 0 saturated heterocycles. The van der Waals surface area contributed by atoms with E-state index >= 15 is 0 Å². The van der Waals surface area contributed by atoms with Crippen LogP contribution in [0.2, 0.25) is 0 Å². The Morgan fingerprint density at radius 3 is 2.68 bits per heavy atom. The van der Waals surface area contributed by atoms with Crippen LogP contribution in [0.5, 0.6) is 5.75 Å². The molecule has 0 bridgehead atoms. The zero-order chi connectivity index (χ0) is 19.6. The number of carbonyl (C=O) groups excluding carboxylic acids is 1. The van der Waals surface area contributed by atoms with E-state index in [1.54, 1.807) is 25.3 Å². The van der Waals surface area contributed by atoms with Crippen molar-refractivity contribution >= 4 is 16.8 Å². The van der Waals surface area contributed by atoms with Crippen LogP contribution in [0.15, 0.2) is 59.7 Å². The maximum Gasteiger partial charge on any atom is 0.261 e. The molecule has 6 nitrogen and oxygen atoms in total. The summed E-state index contributed by atoms with van der Waals surface area (Å²) in [4.78, 5) is 29.4. The molecule has 1 aliphatic carbocycles. The predicted molar refractivity (Wildman–Crippen MR) is 108 cm³/mol. The van der Waals surface area contributed by atoms with Gasteiger partial charge < -0.3 is 10.1 Å². The molecule has 1 N–H and O–H groups in total. The average Bonchev–Trinajstić information content (AvgIpc) is 2.70. The largest absolute Gasteiger partial charge is 0.496 e. The number of hydrogen-bond donors (Lipinski definition) is 1.